The number of hydrogen-bond acceptors (Lipinski definition) is 7. The molecule has 2 aliphatic heterocycles. The number of aliphatic imine (C=N–C) groups is 1. The van der Waals surface area contributed by atoms with Crippen LogP contribution in [0.2, 0.25) is 0 Å². The number of amides is 1. The topological polar surface area (TPSA) is 99.2 Å². The Morgan fingerprint density at radius 2 is 2.23 bits per heavy atom. The summed E-state index contributed by atoms with van der Waals surface area (Å²) in [6.45, 7) is 3.54. The molecule has 4 heterocycles. The maximum absolute atomic E-state index is 12.8. The van der Waals surface area contributed by atoms with E-state index < -0.39 is 0 Å². The number of anilines is 1. The fraction of sp³-hybridized carbons (Fsp3) is 0.190. The van der Waals surface area contributed by atoms with Crippen molar-refractivity contribution in [3.05, 3.63) is 58.8 Å². The van der Waals surface area contributed by atoms with Gasteiger partial charge in [-0.1, -0.05) is 30.0 Å². The number of pyridine rings is 1. The Balaban J connectivity index is 1.45. The van der Waals surface area contributed by atoms with Gasteiger partial charge in [0.25, 0.3) is 0 Å². The summed E-state index contributed by atoms with van der Waals surface area (Å²) in [5, 5.41) is 20.6. The number of amidine groups is 1. The van der Waals surface area contributed by atoms with E-state index in [0.29, 0.717) is 11.6 Å². The minimum absolute atomic E-state index is 0.201. The number of carbonyl (C=O) groups is 1. The number of fused-ring (bicyclic) bond motifs is 2. The van der Waals surface area contributed by atoms with Crippen LogP contribution in [-0.4, -0.2) is 43.8 Å². The highest BCUT2D eigenvalue weighted by Crippen LogP contribution is 2.31. The van der Waals surface area contributed by atoms with Crippen LogP contribution in [0.3, 0.4) is 0 Å². The van der Waals surface area contributed by atoms with Gasteiger partial charge in [0.1, 0.15) is 11.6 Å². The first-order chi connectivity index (χ1) is 14.6. The van der Waals surface area contributed by atoms with Crippen LogP contribution in [0.1, 0.15) is 17.5 Å². The molecule has 1 N–H and O–H groups in total. The van der Waals surface area contributed by atoms with Crippen LogP contribution < -0.4 is 5.32 Å². The van der Waals surface area contributed by atoms with Gasteiger partial charge in [-0.2, -0.15) is 15.0 Å². The lowest BCUT2D eigenvalue weighted by Crippen LogP contribution is -2.25. The predicted molar refractivity (Wildman–Crippen MR) is 116 cm³/mol. The summed E-state index contributed by atoms with van der Waals surface area (Å²) in [5.41, 5.74) is 3.07. The van der Waals surface area contributed by atoms with Crippen LogP contribution in [-0.2, 0) is 4.79 Å². The van der Waals surface area contributed by atoms with Crippen LogP contribution in [0.5, 0.6) is 0 Å². The molecule has 0 bridgehead atoms. The van der Waals surface area contributed by atoms with Crippen molar-refractivity contribution in [2.45, 2.75) is 13.3 Å². The Bertz CT molecular complexity index is 1280. The number of aryl methyl sites for hydroxylation is 1. The van der Waals surface area contributed by atoms with Gasteiger partial charge < -0.3 is 10.2 Å². The van der Waals surface area contributed by atoms with E-state index >= 15 is 0 Å². The van der Waals surface area contributed by atoms with Crippen LogP contribution >= 0.6 is 11.8 Å². The quantitative estimate of drug-likeness (QED) is 0.703. The molecule has 0 saturated carbocycles. The molecule has 0 aliphatic carbocycles. The Hall–Kier alpha value is -3.64. The van der Waals surface area contributed by atoms with Gasteiger partial charge in [-0.15, -0.1) is 0 Å². The number of para-hydroxylation sites is 1. The third-order valence-electron chi connectivity index (χ3n) is 5.06. The lowest BCUT2D eigenvalue weighted by atomic mass is 10.1. The first-order valence-corrected chi connectivity index (χ1v) is 10.3. The molecule has 2 aliphatic rings. The zero-order chi connectivity index (χ0) is 20.7. The van der Waals surface area contributed by atoms with Crippen LogP contribution in [0.15, 0.2) is 52.6 Å². The number of rotatable bonds is 4. The standard InChI is InChI=1S/C21H17N7OS/c1-13-8-18(25-17-5-3-2-4-16(13)17)28-20(14(10-22)11-24-28)26-19(29)9-15-12-30-21-23-6-7-27(15)21/h2-5,8,11-12H,6-7,9H2,1H3,(H,26,29). The van der Waals surface area contributed by atoms with Crippen molar-refractivity contribution >= 4 is 39.6 Å². The molecule has 0 radical (unpaired) electrons. The SMILES string of the molecule is Cc1cc(-n2ncc(C#N)c2NC(=O)CC2=CSC3=NCCN23)nc2ccccc12. The fourth-order valence-corrected chi connectivity index (χ4v) is 4.57. The number of carbonyl (C=O) groups excluding carboxylic acids is 1. The van der Waals surface area contributed by atoms with E-state index in [1.54, 1.807) is 0 Å². The van der Waals surface area contributed by atoms with E-state index in [1.807, 2.05) is 42.7 Å². The molecule has 8 nitrogen and oxygen atoms in total. The first-order valence-electron chi connectivity index (χ1n) is 9.46. The van der Waals surface area contributed by atoms with E-state index in [4.69, 9.17) is 0 Å². The van der Waals surface area contributed by atoms with Gasteiger partial charge in [0.05, 0.1) is 24.7 Å². The molecule has 0 spiro atoms. The molecule has 148 valence electrons. The second kappa shape index (κ2) is 7.31. The molecule has 9 heteroatoms. The van der Waals surface area contributed by atoms with Gasteiger partial charge in [-0.3, -0.25) is 9.79 Å². The van der Waals surface area contributed by atoms with Gasteiger partial charge >= 0.3 is 0 Å². The summed E-state index contributed by atoms with van der Waals surface area (Å²) < 4.78 is 1.51. The van der Waals surface area contributed by atoms with Crippen molar-refractivity contribution in [3.8, 4) is 11.9 Å². The van der Waals surface area contributed by atoms with Crippen LogP contribution in [0.25, 0.3) is 16.7 Å². The van der Waals surface area contributed by atoms with Crippen molar-refractivity contribution in [3.63, 3.8) is 0 Å². The summed E-state index contributed by atoms with van der Waals surface area (Å²) in [7, 11) is 0. The molecule has 30 heavy (non-hydrogen) atoms. The Labute approximate surface area is 176 Å². The average Bonchev–Trinajstić information content (AvgIpc) is 3.45. The number of nitriles is 1. The van der Waals surface area contributed by atoms with Crippen molar-refractivity contribution in [1.29, 1.82) is 5.26 Å². The number of thioether (sulfide) groups is 1. The minimum atomic E-state index is -0.217. The van der Waals surface area contributed by atoms with Gasteiger partial charge in [0, 0.05) is 17.6 Å². The Morgan fingerprint density at radius 3 is 3.10 bits per heavy atom. The number of nitrogens with zero attached hydrogens (tertiary/aromatic N) is 6. The molecule has 2 aromatic heterocycles. The molecule has 0 atom stereocenters. The normalized spacial score (nSPS) is 15.0. The highest BCUT2D eigenvalue weighted by atomic mass is 32.2. The highest BCUT2D eigenvalue weighted by molar-refractivity contribution is 8.16. The van der Waals surface area contributed by atoms with Gasteiger partial charge in [0.2, 0.25) is 5.91 Å². The maximum atomic E-state index is 12.8. The lowest BCUT2D eigenvalue weighted by Gasteiger charge is -2.16. The van der Waals surface area contributed by atoms with E-state index in [0.717, 1.165) is 40.4 Å². The van der Waals surface area contributed by atoms with E-state index in [2.05, 4.69) is 31.4 Å². The summed E-state index contributed by atoms with van der Waals surface area (Å²) >= 11 is 1.54. The fourth-order valence-electron chi connectivity index (χ4n) is 3.62. The average molecular weight is 415 g/mol. The third-order valence-corrected chi connectivity index (χ3v) is 6.01. The molecular formula is C21H17N7OS. The maximum Gasteiger partial charge on any atom is 0.231 e. The van der Waals surface area contributed by atoms with E-state index in [9.17, 15) is 10.1 Å². The molecule has 3 aromatic rings. The number of benzene rings is 1. The van der Waals surface area contributed by atoms with Crippen LogP contribution in [0, 0.1) is 18.3 Å². The monoisotopic (exact) mass is 415 g/mol. The van der Waals surface area contributed by atoms with Gasteiger partial charge in [0.15, 0.2) is 16.8 Å². The molecule has 0 unspecified atom stereocenters. The summed E-state index contributed by atoms with van der Waals surface area (Å²) in [6, 6.07) is 11.8. The second-order valence-electron chi connectivity index (χ2n) is 7.01. The zero-order valence-corrected chi connectivity index (χ0v) is 17.0. The zero-order valence-electron chi connectivity index (χ0n) is 16.2. The van der Waals surface area contributed by atoms with Crippen LogP contribution in [0.4, 0.5) is 5.82 Å². The number of nitrogens with one attached hydrogen (secondary N) is 1. The van der Waals surface area contributed by atoms with E-state index in [-0.39, 0.29) is 17.9 Å². The first kappa shape index (κ1) is 18.4. The van der Waals surface area contributed by atoms with Gasteiger partial charge in [-0.05, 0) is 30.0 Å². The number of aromatic nitrogens is 3. The predicted octanol–water partition coefficient (Wildman–Crippen LogP) is 3.19. The highest BCUT2D eigenvalue weighted by Gasteiger charge is 2.28. The molecule has 0 fully saturated rings. The Morgan fingerprint density at radius 1 is 1.37 bits per heavy atom. The van der Waals surface area contributed by atoms with Gasteiger partial charge in [-0.25, -0.2) is 4.98 Å². The summed E-state index contributed by atoms with van der Waals surface area (Å²) in [6.07, 6.45) is 1.64. The molecule has 1 amide bonds. The minimum Gasteiger partial charge on any atom is -0.322 e. The van der Waals surface area contributed by atoms with Crippen molar-refractivity contribution in [1.82, 2.24) is 19.7 Å². The molecule has 1 aromatic carbocycles. The van der Waals surface area contributed by atoms with Crippen molar-refractivity contribution < 1.29 is 4.79 Å². The van der Waals surface area contributed by atoms with E-state index in [1.165, 1.54) is 22.6 Å². The largest absolute Gasteiger partial charge is 0.322 e. The molecule has 5 rings (SSSR count). The smallest absolute Gasteiger partial charge is 0.231 e. The second-order valence-corrected chi connectivity index (χ2v) is 7.85. The summed E-state index contributed by atoms with van der Waals surface area (Å²) in [5.74, 6) is 0.657. The lowest BCUT2D eigenvalue weighted by molar-refractivity contribution is -0.115. The Kier molecular flexibility index (Phi) is 4.48. The third kappa shape index (κ3) is 3.11. The number of hydrogen-bond donors (Lipinski definition) is 1. The van der Waals surface area contributed by atoms with Crippen molar-refractivity contribution in [2.24, 2.45) is 4.99 Å². The van der Waals surface area contributed by atoms with Crippen molar-refractivity contribution in [2.75, 3.05) is 18.4 Å². The molecular weight excluding hydrogens is 398 g/mol. The summed E-state index contributed by atoms with van der Waals surface area (Å²) in [4.78, 5) is 23.9. The molecule has 0 saturated heterocycles.